The number of carbonyl (C=O) groups excluding carboxylic acids is 1. The van der Waals surface area contributed by atoms with Gasteiger partial charge in [0.2, 0.25) is 5.91 Å². The highest BCUT2D eigenvalue weighted by Crippen LogP contribution is 2.31. The lowest BCUT2D eigenvalue weighted by atomic mass is 9.96. The summed E-state index contributed by atoms with van der Waals surface area (Å²) in [7, 11) is 0. The van der Waals surface area contributed by atoms with Crippen LogP contribution in [0.3, 0.4) is 0 Å². The van der Waals surface area contributed by atoms with Crippen molar-refractivity contribution in [3.63, 3.8) is 0 Å². The summed E-state index contributed by atoms with van der Waals surface area (Å²) in [5, 5.41) is 14.1. The van der Waals surface area contributed by atoms with Crippen molar-refractivity contribution in [2.45, 2.75) is 25.8 Å². The van der Waals surface area contributed by atoms with Crippen molar-refractivity contribution in [2.75, 3.05) is 16.8 Å². The second-order valence-electron chi connectivity index (χ2n) is 6.11. The molecule has 0 bridgehead atoms. The molecule has 1 amide bonds. The number of benzene rings is 2. The quantitative estimate of drug-likeness (QED) is 0.660. The zero-order valence-corrected chi connectivity index (χ0v) is 14.5. The summed E-state index contributed by atoms with van der Waals surface area (Å²) in [6, 6.07) is 12.3. The molecule has 3 rings (SSSR count). The second kappa shape index (κ2) is 7.11. The Morgan fingerprint density at radius 3 is 2.88 bits per heavy atom. The van der Waals surface area contributed by atoms with E-state index in [2.05, 4.69) is 18.3 Å². The van der Waals surface area contributed by atoms with Crippen LogP contribution >= 0.6 is 11.6 Å². The van der Waals surface area contributed by atoms with Gasteiger partial charge < -0.3 is 10.2 Å². The monoisotopic (exact) mass is 359 g/mol. The van der Waals surface area contributed by atoms with Crippen molar-refractivity contribution in [3.8, 4) is 0 Å². The minimum Gasteiger partial charge on any atom is -0.359 e. The highest BCUT2D eigenvalue weighted by atomic mass is 35.5. The fraction of sp³-hybridized carbons (Fsp3) is 0.278. The number of nitrogens with zero attached hydrogens (tertiary/aromatic N) is 2. The fourth-order valence-electron chi connectivity index (χ4n) is 3.11. The summed E-state index contributed by atoms with van der Waals surface area (Å²) < 4.78 is 0. The van der Waals surface area contributed by atoms with Crippen molar-refractivity contribution < 1.29 is 9.72 Å². The smallest absolute Gasteiger partial charge is 0.292 e. The van der Waals surface area contributed by atoms with Gasteiger partial charge in [-0.1, -0.05) is 29.8 Å². The van der Waals surface area contributed by atoms with Crippen molar-refractivity contribution in [2.24, 2.45) is 0 Å². The van der Waals surface area contributed by atoms with E-state index in [0.29, 0.717) is 5.02 Å². The molecule has 1 N–H and O–H groups in total. The van der Waals surface area contributed by atoms with E-state index in [1.54, 1.807) is 0 Å². The number of fused-ring (bicyclic) bond motifs is 1. The molecule has 0 aromatic heterocycles. The van der Waals surface area contributed by atoms with Crippen molar-refractivity contribution in [1.82, 2.24) is 0 Å². The molecule has 0 saturated carbocycles. The number of hydrogen-bond donors (Lipinski definition) is 1. The maximum absolute atomic E-state index is 12.5. The molecule has 1 atom stereocenters. The first-order valence-corrected chi connectivity index (χ1v) is 8.42. The molecule has 0 fully saturated rings. The number of aryl methyl sites for hydroxylation is 1. The largest absolute Gasteiger partial charge is 0.359 e. The van der Waals surface area contributed by atoms with Crippen LogP contribution in [0.2, 0.25) is 5.02 Å². The minimum atomic E-state index is -0.537. The zero-order chi connectivity index (χ0) is 18.0. The van der Waals surface area contributed by atoms with Crippen LogP contribution in [0.25, 0.3) is 0 Å². The Labute approximate surface area is 150 Å². The number of halogens is 1. The van der Waals surface area contributed by atoms with Crippen LogP contribution in [-0.2, 0) is 11.2 Å². The molecule has 1 heterocycles. The van der Waals surface area contributed by atoms with Gasteiger partial charge in [0.05, 0.1) is 11.5 Å². The van der Waals surface area contributed by atoms with E-state index in [-0.39, 0.29) is 29.9 Å². The average molecular weight is 360 g/mol. The molecule has 0 aliphatic carbocycles. The van der Waals surface area contributed by atoms with E-state index >= 15 is 0 Å². The van der Waals surface area contributed by atoms with E-state index in [0.717, 1.165) is 18.5 Å². The standard InChI is InChI=1S/C18H18ClN3O3/c1-12-6-7-13-4-2-3-5-16(13)21(12)11-18(23)20-15-10-14(19)8-9-17(15)22(24)25/h2-5,8-10,12H,6-7,11H2,1H3,(H,20,23)/t12-/m1/s1. The number of nitro benzene ring substituents is 1. The van der Waals surface area contributed by atoms with Gasteiger partial charge in [-0.2, -0.15) is 0 Å². The maximum Gasteiger partial charge on any atom is 0.292 e. The summed E-state index contributed by atoms with van der Waals surface area (Å²) in [6.45, 7) is 2.20. The predicted octanol–water partition coefficient (Wildman–Crippen LogP) is 4.03. The summed E-state index contributed by atoms with van der Waals surface area (Å²) in [4.78, 5) is 25.1. The molecular weight excluding hydrogens is 342 g/mol. The molecule has 25 heavy (non-hydrogen) atoms. The molecule has 6 nitrogen and oxygen atoms in total. The molecule has 130 valence electrons. The number of para-hydroxylation sites is 1. The summed E-state index contributed by atoms with van der Waals surface area (Å²) >= 11 is 5.90. The molecule has 2 aromatic carbocycles. The number of carbonyl (C=O) groups is 1. The van der Waals surface area contributed by atoms with Crippen LogP contribution in [0.4, 0.5) is 17.1 Å². The number of anilines is 2. The Morgan fingerprint density at radius 2 is 2.12 bits per heavy atom. The minimum absolute atomic E-state index is 0.112. The molecule has 0 saturated heterocycles. The van der Waals surface area contributed by atoms with Gasteiger partial charge in [0.25, 0.3) is 5.69 Å². The van der Waals surface area contributed by atoms with Gasteiger partial charge in [0.15, 0.2) is 0 Å². The maximum atomic E-state index is 12.5. The molecular formula is C18H18ClN3O3. The Bertz CT molecular complexity index is 825. The van der Waals surface area contributed by atoms with Gasteiger partial charge in [-0.25, -0.2) is 0 Å². The lowest BCUT2D eigenvalue weighted by molar-refractivity contribution is -0.383. The normalized spacial score (nSPS) is 16.2. The Balaban J connectivity index is 1.80. The van der Waals surface area contributed by atoms with Crippen LogP contribution in [0, 0.1) is 10.1 Å². The topological polar surface area (TPSA) is 75.5 Å². The van der Waals surface area contributed by atoms with Crippen LogP contribution < -0.4 is 10.2 Å². The summed E-state index contributed by atoms with van der Waals surface area (Å²) in [6.07, 6.45) is 1.94. The molecule has 7 heteroatoms. The lowest BCUT2D eigenvalue weighted by Gasteiger charge is -2.36. The Hall–Kier alpha value is -2.60. The zero-order valence-electron chi connectivity index (χ0n) is 13.7. The van der Waals surface area contributed by atoms with E-state index in [1.807, 2.05) is 23.1 Å². The Kier molecular flexibility index (Phi) is 4.90. The molecule has 2 aromatic rings. The number of hydrogen-bond acceptors (Lipinski definition) is 4. The van der Waals surface area contributed by atoms with Gasteiger partial charge in [0.1, 0.15) is 5.69 Å². The van der Waals surface area contributed by atoms with Crippen LogP contribution in [0.5, 0.6) is 0 Å². The van der Waals surface area contributed by atoms with E-state index < -0.39 is 4.92 Å². The third kappa shape index (κ3) is 3.74. The van der Waals surface area contributed by atoms with Crippen molar-refractivity contribution >= 4 is 34.6 Å². The van der Waals surface area contributed by atoms with E-state index in [1.165, 1.54) is 23.8 Å². The third-order valence-corrected chi connectivity index (χ3v) is 4.64. The highest BCUT2D eigenvalue weighted by molar-refractivity contribution is 6.31. The van der Waals surface area contributed by atoms with Crippen LogP contribution in [0.15, 0.2) is 42.5 Å². The second-order valence-corrected chi connectivity index (χ2v) is 6.55. The van der Waals surface area contributed by atoms with E-state index in [4.69, 9.17) is 11.6 Å². The van der Waals surface area contributed by atoms with Crippen LogP contribution in [0.1, 0.15) is 18.9 Å². The first-order valence-electron chi connectivity index (χ1n) is 8.04. The SMILES string of the molecule is C[C@@H]1CCc2ccccc2N1CC(=O)Nc1cc(Cl)ccc1[N+](=O)[O-]. The summed E-state index contributed by atoms with van der Waals surface area (Å²) in [5.74, 6) is -0.311. The summed E-state index contributed by atoms with van der Waals surface area (Å²) in [5.41, 5.74) is 2.18. The number of rotatable bonds is 4. The fourth-order valence-corrected chi connectivity index (χ4v) is 3.29. The third-order valence-electron chi connectivity index (χ3n) is 4.41. The van der Waals surface area contributed by atoms with Gasteiger partial charge in [0, 0.05) is 22.8 Å². The first kappa shape index (κ1) is 17.2. The lowest BCUT2D eigenvalue weighted by Crippen LogP contribution is -2.42. The highest BCUT2D eigenvalue weighted by Gasteiger charge is 2.25. The van der Waals surface area contributed by atoms with Gasteiger partial charge in [-0.3, -0.25) is 14.9 Å². The molecule has 0 radical (unpaired) electrons. The molecule has 1 aliphatic rings. The van der Waals surface area contributed by atoms with Crippen molar-refractivity contribution in [1.29, 1.82) is 0 Å². The Morgan fingerprint density at radius 1 is 1.36 bits per heavy atom. The van der Waals surface area contributed by atoms with E-state index in [9.17, 15) is 14.9 Å². The molecule has 0 unspecified atom stereocenters. The molecule has 0 spiro atoms. The van der Waals surface area contributed by atoms with Crippen molar-refractivity contribution in [3.05, 3.63) is 63.2 Å². The number of nitrogens with one attached hydrogen (secondary N) is 1. The van der Waals surface area contributed by atoms with Crippen LogP contribution in [-0.4, -0.2) is 23.4 Å². The van der Waals surface area contributed by atoms with Gasteiger partial charge >= 0.3 is 0 Å². The van der Waals surface area contributed by atoms with Gasteiger partial charge in [-0.05, 0) is 43.5 Å². The first-order chi connectivity index (χ1) is 12.0. The predicted molar refractivity (Wildman–Crippen MR) is 98.3 cm³/mol. The molecule has 1 aliphatic heterocycles. The van der Waals surface area contributed by atoms with Gasteiger partial charge in [-0.15, -0.1) is 0 Å². The number of nitro groups is 1. The number of amides is 1. The average Bonchev–Trinajstić information content (AvgIpc) is 2.57.